The van der Waals surface area contributed by atoms with Crippen molar-refractivity contribution in [3.8, 4) is 11.1 Å². The summed E-state index contributed by atoms with van der Waals surface area (Å²) in [5.74, 6) is -0.191. The second kappa shape index (κ2) is 9.47. The lowest BCUT2D eigenvalue weighted by Gasteiger charge is -2.25. The van der Waals surface area contributed by atoms with Gasteiger partial charge in [-0.25, -0.2) is 4.79 Å². The zero-order chi connectivity index (χ0) is 22.6. The highest BCUT2D eigenvalue weighted by Gasteiger charge is 2.23. The number of carbonyl (C=O) groups is 2. The number of aromatic nitrogens is 1. The van der Waals surface area contributed by atoms with E-state index in [1.54, 1.807) is 12.4 Å². The number of nitrogens with one attached hydrogen (secondary N) is 2. The zero-order valence-corrected chi connectivity index (χ0v) is 18.7. The van der Waals surface area contributed by atoms with E-state index in [9.17, 15) is 9.59 Å². The van der Waals surface area contributed by atoms with Crippen LogP contribution >= 0.6 is 0 Å². The lowest BCUT2D eigenvalue weighted by Crippen LogP contribution is -2.35. The van der Waals surface area contributed by atoms with Crippen LogP contribution in [0.3, 0.4) is 0 Å². The first-order chi connectivity index (χ1) is 14.7. The van der Waals surface area contributed by atoms with E-state index in [2.05, 4.69) is 15.6 Å². The third-order valence-electron chi connectivity index (χ3n) is 5.32. The normalized spacial score (nSPS) is 19.3. The van der Waals surface area contributed by atoms with Crippen LogP contribution in [-0.4, -0.2) is 22.6 Å². The first-order valence-corrected chi connectivity index (χ1v) is 10.7. The average Bonchev–Trinajstić information content (AvgIpc) is 2.71. The van der Waals surface area contributed by atoms with Crippen LogP contribution in [0.4, 0.5) is 10.5 Å². The molecule has 0 saturated heterocycles. The van der Waals surface area contributed by atoms with E-state index in [1.807, 2.05) is 52.0 Å². The van der Waals surface area contributed by atoms with Crippen LogP contribution in [0.1, 0.15) is 64.1 Å². The quantitative estimate of drug-likeness (QED) is 0.657. The van der Waals surface area contributed by atoms with Crippen molar-refractivity contribution in [1.82, 2.24) is 10.3 Å². The Morgan fingerprint density at radius 2 is 2.03 bits per heavy atom. The number of pyridine rings is 1. The Kier molecular flexibility index (Phi) is 6.95. The summed E-state index contributed by atoms with van der Waals surface area (Å²) in [6.07, 6.45) is 5.23. The second-order valence-electron chi connectivity index (χ2n) is 9.11. The minimum absolute atomic E-state index is 0.0308. The van der Waals surface area contributed by atoms with Gasteiger partial charge in [0.25, 0.3) is 0 Å². The number of rotatable bonds is 2. The standard InChI is InChI=1S/C24H32N4O3/c1-15-6-5-7-20(28-23(30)31-24(2,3)4)18-11-17(13-26-14-18)19-9-8-16(12-25)10-21(19)27-22(15)29/h8-11,13-15,20H,5-7,12,25H2,1-4H3,(H,27,29)(H,28,30). The maximum atomic E-state index is 12.8. The summed E-state index contributed by atoms with van der Waals surface area (Å²) in [5, 5.41) is 6.06. The molecular weight excluding hydrogens is 392 g/mol. The number of hydrogen-bond acceptors (Lipinski definition) is 5. The van der Waals surface area contributed by atoms with Gasteiger partial charge in [0.1, 0.15) is 5.60 Å². The van der Waals surface area contributed by atoms with Gasteiger partial charge < -0.3 is 21.1 Å². The summed E-state index contributed by atoms with van der Waals surface area (Å²) in [5.41, 5.74) is 9.51. The number of amides is 2. The number of nitrogens with zero attached hydrogens (tertiary/aromatic N) is 1. The van der Waals surface area contributed by atoms with Crippen LogP contribution in [0, 0.1) is 5.92 Å². The number of hydrogen-bond donors (Lipinski definition) is 3. The molecule has 7 nitrogen and oxygen atoms in total. The number of carbonyl (C=O) groups excluding carboxylic acids is 2. The monoisotopic (exact) mass is 424 g/mol. The summed E-state index contributed by atoms with van der Waals surface area (Å²) in [6, 6.07) is 7.56. The number of ether oxygens (including phenoxy) is 1. The molecule has 1 aliphatic rings. The van der Waals surface area contributed by atoms with Crippen molar-refractivity contribution in [2.24, 2.45) is 11.7 Å². The van der Waals surface area contributed by atoms with Crippen molar-refractivity contribution in [3.05, 3.63) is 47.8 Å². The molecule has 2 aromatic rings. The van der Waals surface area contributed by atoms with Gasteiger partial charge in [0, 0.05) is 41.7 Å². The van der Waals surface area contributed by atoms with Gasteiger partial charge in [0.15, 0.2) is 0 Å². The van der Waals surface area contributed by atoms with Crippen LogP contribution in [0.5, 0.6) is 0 Å². The van der Waals surface area contributed by atoms with Crippen LogP contribution in [0.15, 0.2) is 36.7 Å². The smallest absolute Gasteiger partial charge is 0.408 e. The summed E-state index contributed by atoms with van der Waals surface area (Å²) < 4.78 is 5.46. The summed E-state index contributed by atoms with van der Waals surface area (Å²) in [7, 11) is 0. The maximum Gasteiger partial charge on any atom is 0.408 e. The number of anilines is 1. The minimum atomic E-state index is -0.582. The fourth-order valence-electron chi connectivity index (χ4n) is 3.66. The average molecular weight is 425 g/mol. The largest absolute Gasteiger partial charge is 0.444 e. The molecule has 1 aromatic carbocycles. The predicted octanol–water partition coefficient (Wildman–Crippen LogP) is 4.53. The van der Waals surface area contributed by atoms with Crippen LogP contribution in [0.2, 0.25) is 0 Å². The van der Waals surface area contributed by atoms with E-state index >= 15 is 0 Å². The Labute approximate surface area is 183 Å². The van der Waals surface area contributed by atoms with Gasteiger partial charge in [-0.05, 0) is 56.9 Å². The maximum absolute atomic E-state index is 12.8. The highest BCUT2D eigenvalue weighted by atomic mass is 16.6. The molecule has 0 spiro atoms. The molecule has 1 aromatic heterocycles. The van der Waals surface area contributed by atoms with Crippen LogP contribution < -0.4 is 16.4 Å². The Hall–Kier alpha value is -2.93. The molecule has 0 fully saturated rings. The molecule has 2 amide bonds. The highest BCUT2D eigenvalue weighted by molar-refractivity contribution is 5.96. The molecule has 1 aliphatic heterocycles. The van der Waals surface area contributed by atoms with Gasteiger partial charge in [0.05, 0.1) is 6.04 Å². The fourth-order valence-corrected chi connectivity index (χ4v) is 3.66. The molecule has 31 heavy (non-hydrogen) atoms. The molecule has 2 bridgehead atoms. The van der Waals surface area contributed by atoms with E-state index in [4.69, 9.17) is 10.5 Å². The van der Waals surface area contributed by atoms with Gasteiger partial charge in [-0.1, -0.05) is 25.5 Å². The lowest BCUT2D eigenvalue weighted by atomic mass is 9.94. The molecule has 0 radical (unpaired) electrons. The molecule has 0 saturated carbocycles. The number of nitrogens with two attached hydrogens (primary N) is 1. The molecule has 2 unspecified atom stereocenters. The van der Waals surface area contributed by atoms with Crippen molar-refractivity contribution in [2.75, 3.05) is 5.32 Å². The predicted molar refractivity (Wildman–Crippen MR) is 121 cm³/mol. The van der Waals surface area contributed by atoms with E-state index in [-0.39, 0.29) is 17.9 Å². The molecular formula is C24H32N4O3. The second-order valence-corrected chi connectivity index (χ2v) is 9.11. The first kappa shape index (κ1) is 22.7. The molecule has 4 N–H and O–H groups in total. The summed E-state index contributed by atoms with van der Waals surface area (Å²) in [4.78, 5) is 29.7. The summed E-state index contributed by atoms with van der Waals surface area (Å²) >= 11 is 0. The highest BCUT2D eigenvalue weighted by Crippen LogP contribution is 2.33. The number of benzene rings is 1. The van der Waals surface area contributed by atoms with E-state index in [0.717, 1.165) is 34.4 Å². The Balaban J connectivity index is 2.01. The van der Waals surface area contributed by atoms with Gasteiger partial charge >= 0.3 is 6.09 Å². The van der Waals surface area contributed by atoms with Crippen molar-refractivity contribution in [3.63, 3.8) is 0 Å². The Morgan fingerprint density at radius 3 is 2.74 bits per heavy atom. The minimum Gasteiger partial charge on any atom is -0.444 e. The van der Waals surface area contributed by atoms with E-state index in [1.165, 1.54) is 0 Å². The third-order valence-corrected chi connectivity index (χ3v) is 5.32. The molecule has 7 heteroatoms. The van der Waals surface area contributed by atoms with Crippen molar-refractivity contribution < 1.29 is 14.3 Å². The lowest BCUT2D eigenvalue weighted by molar-refractivity contribution is -0.119. The fraction of sp³-hybridized carbons (Fsp3) is 0.458. The van der Waals surface area contributed by atoms with Gasteiger partial charge in [-0.2, -0.15) is 0 Å². The van der Waals surface area contributed by atoms with E-state index in [0.29, 0.717) is 19.4 Å². The van der Waals surface area contributed by atoms with E-state index < -0.39 is 11.7 Å². The van der Waals surface area contributed by atoms with Gasteiger partial charge in [-0.15, -0.1) is 0 Å². The first-order valence-electron chi connectivity index (χ1n) is 10.7. The number of alkyl carbamates (subject to hydrolysis) is 1. The van der Waals surface area contributed by atoms with Crippen molar-refractivity contribution >= 4 is 17.7 Å². The Bertz CT molecular complexity index is 952. The van der Waals surface area contributed by atoms with Gasteiger partial charge in [0.2, 0.25) is 5.91 Å². The SMILES string of the molecule is CC1CCCC(NC(=O)OC(C)(C)C)c2cncc(c2)-c2ccc(CN)cc2NC1=O. The topological polar surface area (TPSA) is 106 Å². The summed E-state index contributed by atoms with van der Waals surface area (Å²) in [6.45, 7) is 7.82. The van der Waals surface area contributed by atoms with Gasteiger partial charge in [-0.3, -0.25) is 9.78 Å². The molecule has 2 atom stereocenters. The molecule has 3 rings (SSSR count). The van der Waals surface area contributed by atoms with Crippen molar-refractivity contribution in [1.29, 1.82) is 0 Å². The Morgan fingerprint density at radius 1 is 1.26 bits per heavy atom. The zero-order valence-electron chi connectivity index (χ0n) is 18.7. The molecule has 2 heterocycles. The van der Waals surface area contributed by atoms with Crippen LogP contribution in [-0.2, 0) is 16.1 Å². The molecule has 0 aliphatic carbocycles. The number of fused-ring (bicyclic) bond motifs is 4. The van der Waals surface area contributed by atoms with Crippen molar-refractivity contribution in [2.45, 2.75) is 65.1 Å². The molecule has 166 valence electrons. The van der Waals surface area contributed by atoms with Crippen LogP contribution in [0.25, 0.3) is 11.1 Å². The third kappa shape index (κ3) is 6.04.